The Balaban J connectivity index is 1.85. The van der Waals surface area contributed by atoms with E-state index < -0.39 is 23.2 Å². The summed E-state index contributed by atoms with van der Waals surface area (Å²) in [7, 11) is 2.06. The lowest BCUT2D eigenvalue weighted by Crippen LogP contribution is -2.51. The van der Waals surface area contributed by atoms with Gasteiger partial charge >= 0.3 is 0 Å². The van der Waals surface area contributed by atoms with Gasteiger partial charge in [-0.05, 0) is 44.9 Å². The molecule has 114 valence electrons. The van der Waals surface area contributed by atoms with Gasteiger partial charge in [-0.3, -0.25) is 4.79 Å². The third kappa shape index (κ3) is 2.48. The maximum absolute atomic E-state index is 13.8. The van der Waals surface area contributed by atoms with E-state index in [0.29, 0.717) is 24.9 Å². The van der Waals surface area contributed by atoms with Gasteiger partial charge in [-0.15, -0.1) is 0 Å². The van der Waals surface area contributed by atoms with Crippen molar-refractivity contribution in [3.63, 3.8) is 0 Å². The first-order chi connectivity index (χ1) is 9.99. The lowest BCUT2D eigenvalue weighted by atomic mass is 9.76. The fourth-order valence-electron chi connectivity index (χ4n) is 3.77. The number of carbonyl (C=O) groups excluding carboxylic acids is 1. The van der Waals surface area contributed by atoms with Crippen LogP contribution in [0.15, 0.2) is 12.1 Å². The minimum atomic E-state index is -1.56. The molecule has 0 saturated carbocycles. The van der Waals surface area contributed by atoms with Crippen molar-refractivity contribution >= 4 is 5.78 Å². The van der Waals surface area contributed by atoms with Gasteiger partial charge in [0.25, 0.3) is 0 Å². The van der Waals surface area contributed by atoms with Crippen LogP contribution in [0.4, 0.5) is 13.2 Å². The summed E-state index contributed by atoms with van der Waals surface area (Å²) in [5.41, 5.74) is -0.318. The minimum absolute atomic E-state index is 0.295. The van der Waals surface area contributed by atoms with Gasteiger partial charge in [-0.25, -0.2) is 13.2 Å². The maximum Gasteiger partial charge on any atom is 0.195 e. The molecular formula is C16H18F3NO. The lowest BCUT2D eigenvalue weighted by molar-refractivity contribution is 0.0336. The summed E-state index contributed by atoms with van der Waals surface area (Å²) in [6.07, 6.45) is 4.57. The third-order valence-corrected chi connectivity index (χ3v) is 5.01. The third-order valence-electron chi connectivity index (χ3n) is 5.01. The van der Waals surface area contributed by atoms with Crippen molar-refractivity contribution in [2.45, 2.75) is 44.2 Å². The van der Waals surface area contributed by atoms with Crippen molar-refractivity contribution in [2.75, 3.05) is 7.05 Å². The van der Waals surface area contributed by atoms with Gasteiger partial charge in [0.2, 0.25) is 0 Å². The van der Waals surface area contributed by atoms with Crippen LogP contribution < -0.4 is 0 Å². The number of carbonyl (C=O) groups is 1. The second kappa shape index (κ2) is 5.44. The van der Waals surface area contributed by atoms with Crippen molar-refractivity contribution in [1.29, 1.82) is 0 Å². The summed E-state index contributed by atoms with van der Waals surface area (Å²) in [4.78, 5) is 14.8. The molecule has 2 fully saturated rings. The van der Waals surface area contributed by atoms with E-state index in [0.717, 1.165) is 31.4 Å². The normalized spacial score (nSPS) is 29.4. The highest BCUT2D eigenvalue weighted by Crippen LogP contribution is 2.37. The minimum Gasteiger partial charge on any atom is -0.300 e. The molecule has 0 N–H and O–H groups in total. The van der Waals surface area contributed by atoms with Crippen LogP contribution in [-0.2, 0) is 0 Å². The molecule has 2 bridgehead atoms. The van der Waals surface area contributed by atoms with Crippen LogP contribution in [0.25, 0.3) is 0 Å². The number of nitrogens with zero attached hydrogens (tertiary/aromatic N) is 1. The topological polar surface area (TPSA) is 20.3 Å². The zero-order valence-corrected chi connectivity index (χ0v) is 11.9. The van der Waals surface area contributed by atoms with Crippen molar-refractivity contribution in [1.82, 2.24) is 4.90 Å². The molecule has 0 spiro atoms. The van der Waals surface area contributed by atoms with Gasteiger partial charge in [0.1, 0.15) is 0 Å². The molecule has 0 aliphatic carbocycles. The van der Waals surface area contributed by atoms with E-state index in [1.165, 1.54) is 0 Å². The number of rotatable bonds is 2. The van der Waals surface area contributed by atoms with Crippen LogP contribution in [0, 0.1) is 23.4 Å². The summed E-state index contributed by atoms with van der Waals surface area (Å²) in [6.45, 7) is 0. The van der Waals surface area contributed by atoms with Crippen LogP contribution >= 0.6 is 0 Å². The molecule has 5 heteroatoms. The standard InChI is InChI=1S/C16H18F3NO/c1-20-10-3-2-4-11(20)8-9(7-10)16(21)12-5-6-13(17)15(19)14(12)18/h5-6,9-11H,2-4,7-8H2,1H3. The van der Waals surface area contributed by atoms with Crippen LogP contribution in [0.2, 0.25) is 0 Å². The molecule has 1 aromatic rings. The summed E-state index contributed by atoms with van der Waals surface area (Å²) in [5.74, 6) is -4.87. The van der Waals surface area contributed by atoms with E-state index in [-0.39, 0.29) is 11.5 Å². The molecular weight excluding hydrogens is 279 g/mol. The molecule has 2 nitrogen and oxygen atoms in total. The number of fused-ring (bicyclic) bond motifs is 2. The van der Waals surface area contributed by atoms with Crippen LogP contribution in [0.3, 0.4) is 0 Å². The van der Waals surface area contributed by atoms with Crippen molar-refractivity contribution in [3.8, 4) is 0 Å². The molecule has 0 amide bonds. The Bertz CT molecular complexity index is 561. The van der Waals surface area contributed by atoms with E-state index in [4.69, 9.17) is 0 Å². The highest BCUT2D eigenvalue weighted by atomic mass is 19.2. The monoisotopic (exact) mass is 297 g/mol. The first-order valence-corrected chi connectivity index (χ1v) is 7.38. The van der Waals surface area contributed by atoms with E-state index in [1.807, 2.05) is 0 Å². The zero-order valence-electron chi connectivity index (χ0n) is 11.9. The number of halogens is 3. The van der Waals surface area contributed by atoms with Crippen molar-refractivity contribution < 1.29 is 18.0 Å². The second-order valence-corrected chi connectivity index (χ2v) is 6.16. The Morgan fingerprint density at radius 1 is 1.10 bits per heavy atom. The van der Waals surface area contributed by atoms with Gasteiger partial charge in [0.05, 0.1) is 5.56 Å². The van der Waals surface area contributed by atoms with Gasteiger partial charge in [-0.1, -0.05) is 6.42 Å². The SMILES string of the molecule is CN1C2CCCC1CC(C(=O)c1ccc(F)c(F)c1F)C2. The first kappa shape index (κ1) is 14.6. The molecule has 2 atom stereocenters. The summed E-state index contributed by atoms with van der Waals surface area (Å²) in [5, 5.41) is 0. The molecule has 1 aromatic carbocycles. The highest BCUT2D eigenvalue weighted by Gasteiger charge is 2.39. The molecule has 2 saturated heterocycles. The number of hydrogen-bond acceptors (Lipinski definition) is 2. The summed E-state index contributed by atoms with van der Waals surface area (Å²) < 4.78 is 40.1. The van der Waals surface area contributed by atoms with Gasteiger partial charge in [0.15, 0.2) is 23.2 Å². The molecule has 21 heavy (non-hydrogen) atoms. The summed E-state index contributed by atoms with van der Waals surface area (Å²) in [6, 6.07) is 2.55. The average molecular weight is 297 g/mol. The Morgan fingerprint density at radius 2 is 1.71 bits per heavy atom. The summed E-state index contributed by atoms with van der Waals surface area (Å²) >= 11 is 0. The first-order valence-electron chi connectivity index (χ1n) is 7.38. The fraction of sp³-hybridized carbons (Fsp3) is 0.562. The highest BCUT2D eigenvalue weighted by molar-refractivity contribution is 5.98. The van der Waals surface area contributed by atoms with Gasteiger partial charge < -0.3 is 4.90 Å². The number of hydrogen-bond donors (Lipinski definition) is 0. The van der Waals surface area contributed by atoms with Gasteiger partial charge in [0, 0.05) is 18.0 Å². The van der Waals surface area contributed by atoms with E-state index in [1.54, 1.807) is 0 Å². The average Bonchev–Trinajstić information content (AvgIpc) is 2.44. The van der Waals surface area contributed by atoms with Crippen LogP contribution in [-0.4, -0.2) is 29.8 Å². The molecule has 2 aliphatic rings. The molecule has 0 radical (unpaired) electrons. The van der Waals surface area contributed by atoms with E-state index in [9.17, 15) is 18.0 Å². The van der Waals surface area contributed by atoms with Crippen molar-refractivity contribution in [2.24, 2.45) is 5.92 Å². The fourth-order valence-corrected chi connectivity index (χ4v) is 3.77. The van der Waals surface area contributed by atoms with Crippen LogP contribution in [0.5, 0.6) is 0 Å². The quantitative estimate of drug-likeness (QED) is 0.614. The smallest absolute Gasteiger partial charge is 0.195 e. The van der Waals surface area contributed by atoms with Gasteiger partial charge in [-0.2, -0.15) is 0 Å². The molecule has 0 aromatic heterocycles. The van der Waals surface area contributed by atoms with Crippen LogP contribution in [0.1, 0.15) is 42.5 Å². The van der Waals surface area contributed by atoms with Crippen molar-refractivity contribution in [3.05, 3.63) is 35.1 Å². The predicted octanol–water partition coefficient (Wildman–Crippen LogP) is 3.55. The predicted molar refractivity (Wildman–Crippen MR) is 72.6 cm³/mol. The molecule has 2 heterocycles. The zero-order chi connectivity index (χ0) is 15.1. The number of benzene rings is 1. The number of Topliss-reactive ketones (excluding diaryl/α,β-unsaturated/α-hetero) is 1. The Kier molecular flexibility index (Phi) is 3.78. The Morgan fingerprint density at radius 3 is 2.33 bits per heavy atom. The number of piperidine rings is 2. The lowest BCUT2D eigenvalue weighted by Gasteiger charge is -2.46. The largest absolute Gasteiger partial charge is 0.300 e. The Hall–Kier alpha value is -1.36. The second-order valence-electron chi connectivity index (χ2n) is 6.16. The van der Waals surface area contributed by atoms with E-state index in [2.05, 4.69) is 11.9 Å². The number of ketones is 1. The van der Waals surface area contributed by atoms with E-state index >= 15 is 0 Å². The molecule has 2 unspecified atom stereocenters. The maximum atomic E-state index is 13.8. The molecule has 2 aliphatic heterocycles. The molecule has 3 rings (SSSR count). The Labute approximate surface area is 121 Å².